The topological polar surface area (TPSA) is 171 Å². The molecule has 0 saturated heterocycles. The van der Waals surface area contributed by atoms with E-state index in [-0.39, 0.29) is 29.1 Å². The maximum Gasteiger partial charge on any atom is 0.316 e. The molecule has 0 aliphatic heterocycles. The van der Waals surface area contributed by atoms with Crippen molar-refractivity contribution in [3.63, 3.8) is 0 Å². The number of hydrogen-bond acceptors (Lipinski definition) is 11. The second-order valence-corrected chi connectivity index (χ2v) is 11.1. The first-order valence-electron chi connectivity index (χ1n) is 13.4. The van der Waals surface area contributed by atoms with Crippen molar-refractivity contribution in [3.05, 3.63) is 70.8 Å². The fourth-order valence-corrected chi connectivity index (χ4v) is 5.54. The molecule has 0 aliphatic rings. The van der Waals surface area contributed by atoms with E-state index in [9.17, 15) is 14.4 Å². The number of aromatic nitrogens is 6. The molecule has 0 bridgehead atoms. The van der Waals surface area contributed by atoms with Gasteiger partial charge in [0, 0.05) is 30.2 Å². The Hall–Kier alpha value is -3.72. The molecule has 4 aromatic rings. The van der Waals surface area contributed by atoms with E-state index in [0.717, 1.165) is 34.5 Å². The van der Waals surface area contributed by atoms with Crippen LogP contribution in [0.5, 0.6) is 0 Å². The van der Waals surface area contributed by atoms with Crippen LogP contribution in [0, 0.1) is 0 Å². The van der Waals surface area contributed by atoms with Crippen molar-refractivity contribution >= 4 is 53.7 Å². The average molecular weight is 643 g/mol. The number of rotatable bonds is 16. The molecule has 4 N–H and O–H groups in total. The summed E-state index contributed by atoms with van der Waals surface area (Å²) in [6, 6.07) is 15.2. The number of aryl methyl sites for hydroxylation is 1. The van der Waals surface area contributed by atoms with Crippen LogP contribution in [-0.2, 0) is 38.7 Å². The van der Waals surface area contributed by atoms with Gasteiger partial charge in [0.05, 0.1) is 17.5 Å². The molecule has 0 radical (unpaired) electrons. The third-order valence-corrected chi connectivity index (χ3v) is 7.94. The molecule has 2 aromatic heterocycles. The molecule has 0 unspecified atom stereocenters. The van der Waals surface area contributed by atoms with Gasteiger partial charge < -0.3 is 15.0 Å². The number of thioether (sulfide) groups is 1. The van der Waals surface area contributed by atoms with Crippen LogP contribution in [0.3, 0.4) is 0 Å². The number of amides is 1. The molecule has 0 fully saturated rings. The number of nitrogens with two attached hydrogens (primary N) is 1. The van der Waals surface area contributed by atoms with Crippen molar-refractivity contribution in [1.82, 2.24) is 35.5 Å². The molecular weight excluding hydrogens is 612 g/mol. The van der Waals surface area contributed by atoms with Gasteiger partial charge in [-0.05, 0) is 28.3 Å². The maximum atomic E-state index is 12.5. The Balaban J connectivity index is 1.40. The summed E-state index contributed by atoms with van der Waals surface area (Å²) >= 11 is 11.8. The Kier molecular flexibility index (Phi) is 11.7. The minimum Gasteiger partial charge on any atom is -0.459 e. The van der Waals surface area contributed by atoms with Gasteiger partial charge in [-0.15, -0.1) is 22.0 Å². The maximum absolute atomic E-state index is 12.5. The number of tetrazole rings is 1. The molecule has 226 valence electrons. The number of ether oxygens (including phenoxy) is 1. The highest BCUT2D eigenvalue weighted by molar-refractivity contribution is 7.99. The van der Waals surface area contributed by atoms with Crippen LogP contribution in [-0.4, -0.2) is 71.3 Å². The van der Waals surface area contributed by atoms with E-state index < -0.39 is 23.7 Å². The Labute approximate surface area is 262 Å². The number of esters is 1. The van der Waals surface area contributed by atoms with Gasteiger partial charge in [0.2, 0.25) is 11.6 Å². The lowest BCUT2D eigenvalue weighted by Gasteiger charge is -2.14. The fourth-order valence-electron chi connectivity index (χ4n) is 4.32. The molecule has 1 amide bonds. The minimum absolute atomic E-state index is 0.0252. The first-order chi connectivity index (χ1) is 20.8. The highest BCUT2D eigenvalue weighted by Gasteiger charge is 2.22. The number of ketones is 1. The number of thiol groups is 1. The monoisotopic (exact) mass is 642 g/mol. The molecule has 2 aromatic carbocycles. The number of primary amides is 1. The number of aromatic amines is 1. The summed E-state index contributed by atoms with van der Waals surface area (Å²) in [7, 11) is 0. The van der Waals surface area contributed by atoms with Gasteiger partial charge in [-0.2, -0.15) is 17.8 Å². The Morgan fingerprint density at radius 2 is 1.91 bits per heavy atom. The minimum atomic E-state index is -1.03. The number of hydrogen-bond donors (Lipinski definition) is 4. The smallest absolute Gasteiger partial charge is 0.316 e. The number of imidazole rings is 1. The van der Waals surface area contributed by atoms with Gasteiger partial charge >= 0.3 is 5.97 Å². The van der Waals surface area contributed by atoms with E-state index in [2.05, 4.69) is 50.5 Å². The van der Waals surface area contributed by atoms with Crippen LogP contribution in [0.25, 0.3) is 22.5 Å². The molecule has 0 spiro atoms. The standard InChI is InChI=1S/C28H31ClN8O4S2/c1-2-5-23-32-26(29)22(13-41-24(38)15-43-16-31-21(14-42)25(39)27(30)40)37(23)12-17-8-10-18(11-9-17)19-6-3-4-7-20(19)28-33-35-36-34-28/h3-4,6-11,21,31,42H,2,5,12-16H2,1H3,(H2,30,40)(H,33,34,35,36)/t21-/m0/s1. The summed E-state index contributed by atoms with van der Waals surface area (Å²) < 4.78 is 7.50. The number of benzene rings is 2. The Morgan fingerprint density at radius 3 is 2.56 bits per heavy atom. The van der Waals surface area contributed by atoms with Gasteiger partial charge in [0.15, 0.2) is 5.15 Å². The van der Waals surface area contributed by atoms with Crippen molar-refractivity contribution in [2.24, 2.45) is 5.73 Å². The highest BCUT2D eigenvalue weighted by atomic mass is 35.5. The van der Waals surface area contributed by atoms with Gasteiger partial charge in [0.1, 0.15) is 12.4 Å². The van der Waals surface area contributed by atoms with Crippen LogP contribution < -0.4 is 11.1 Å². The number of nitrogens with one attached hydrogen (secondary N) is 2. The quantitative estimate of drug-likeness (QED) is 0.0468. The summed E-state index contributed by atoms with van der Waals surface area (Å²) in [6.45, 7) is 2.51. The number of H-pyrrole nitrogens is 1. The lowest BCUT2D eigenvalue weighted by Crippen LogP contribution is -2.44. The lowest BCUT2D eigenvalue weighted by atomic mass is 9.98. The van der Waals surface area contributed by atoms with Crippen molar-refractivity contribution in [1.29, 1.82) is 0 Å². The van der Waals surface area contributed by atoms with Crippen LogP contribution >= 0.6 is 36.0 Å². The average Bonchev–Trinajstić information content (AvgIpc) is 3.65. The third kappa shape index (κ3) is 8.44. The molecule has 0 aliphatic carbocycles. The summed E-state index contributed by atoms with van der Waals surface area (Å²) in [5, 5.41) is 17.5. The number of nitrogens with zero attached hydrogens (tertiary/aromatic N) is 5. The molecular formula is C28H31ClN8O4S2. The first kappa shape index (κ1) is 32.2. The molecule has 2 heterocycles. The molecule has 43 heavy (non-hydrogen) atoms. The number of Topliss-reactive ketones (excluding diaryl/α,β-unsaturated/α-hetero) is 1. The van der Waals surface area contributed by atoms with Crippen molar-refractivity contribution in [2.45, 2.75) is 39.0 Å². The van der Waals surface area contributed by atoms with Crippen LogP contribution in [0.2, 0.25) is 5.15 Å². The van der Waals surface area contributed by atoms with E-state index in [0.29, 0.717) is 24.5 Å². The third-order valence-electron chi connectivity index (χ3n) is 6.46. The predicted molar refractivity (Wildman–Crippen MR) is 167 cm³/mol. The Morgan fingerprint density at radius 1 is 1.16 bits per heavy atom. The molecule has 12 nitrogen and oxygen atoms in total. The second kappa shape index (κ2) is 15.7. The van der Waals surface area contributed by atoms with E-state index in [1.807, 2.05) is 53.1 Å². The normalized spacial score (nSPS) is 11.8. The molecule has 0 saturated carbocycles. The first-order valence-corrected chi connectivity index (χ1v) is 15.6. The zero-order chi connectivity index (χ0) is 30.8. The summed E-state index contributed by atoms with van der Waals surface area (Å²) in [4.78, 5) is 39.8. The fraction of sp³-hybridized carbons (Fsp3) is 0.321. The van der Waals surface area contributed by atoms with Crippen LogP contribution in [0.4, 0.5) is 0 Å². The van der Waals surface area contributed by atoms with Gasteiger partial charge in [0.25, 0.3) is 5.91 Å². The van der Waals surface area contributed by atoms with Crippen molar-refractivity contribution in [2.75, 3.05) is 17.4 Å². The summed E-state index contributed by atoms with van der Waals surface area (Å²) in [6.07, 6.45) is 1.58. The highest BCUT2D eigenvalue weighted by Crippen LogP contribution is 2.30. The van der Waals surface area contributed by atoms with Crippen LogP contribution in [0.15, 0.2) is 48.5 Å². The molecule has 1 atom stereocenters. The van der Waals surface area contributed by atoms with Gasteiger partial charge in [-0.1, -0.05) is 67.1 Å². The van der Waals surface area contributed by atoms with Gasteiger partial charge in [-0.3, -0.25) is 19.7 Å². The second-order valence-electron chi connectivity index (χ2n) is 9.40. The lowest BCUT2D eigenvalue weighted by molar-refractivity contribution is -0.141. The largest absolute Gasteiger partial charge is 0.459 e. The molecule has 4 rings (SSSR count). The Bertz CT molecular complexity index is 1550. The van der Waals surface area contributed by atoms with Gasteiger partial charge in [-0.25, -0.2) is 4.98 Å². The van der Waals surface area contributed by atoms with Crippen molar-refractivity contribution in [3.8, 4) is 22.5 Å². The van der Waals surface area contributed by atoms with E-state index >= 15 is 0 Å². The van der Waals surface area contributed by atoms with Crippen molar-refractivity contribution < 1.29 is 19.1 Å². The number of carbonyl (C=O) groups is 3. The number of carbonyl (C=O) groups excluding carboxylic acids is 3. The predicted octanol–water partition coefficient (Wildman–Crippen LogP) is 3.06. The van der Waals surface area contributed by atoms with E-state index in [4.69, 9.17) is 22.1 Å². The number of halogens is 1. The zero-order valence-corrected chi connectivity index (χ0v) is 25.8. The SMILES string of the molecule is CCCc1nc(Cl)c(COC(=O)CSCN[C@@H](CS)C(=O)C(N)=O)n1Cc1ccc(-c2ccccc2-c2nn[nH]n2)cc1. The zero-order valence-electron chi connectivity index (χ0n) is 23.3. The van der Waals surface area contributed by atoms with E-state index in [1.165, 1.54) is 11.8 Å². The molecule has 15 heteroatoms. The summed E-state index contributed by atoms with van der Waals surface area (Å²) in [5.74, 6) is -0.564. The van der Waals surface area contributed by atoms with E-state index in [1.54, 1.807) is 0 Å². The summed E-state index contributed by atoms with van der Waals surface area (Å²) in [5.41, 5.74) is 9.52. The van der Waals surface area contributed by atoms with Crippen LogP contribution in [0.1, 0.15) is 30.4 Å².